The van der Waals surface area contributed by atoms with Gasteiger partial charge in [0.05, 0.1) is 0 Å². The summed E-state index contributed by atoms with van der Waals surface area (Å²) in [5.74, 6) is 3.32. The van der Waals surface area contributed by atoms with E-state index < -0.39 is 0 Å². The van der Waals surface area contributed by atoms with E-state index >= 15 is 0 Å². The van der Waals surface area contributed by atoms with Crippen molar-refractivity contribution < 1.29 is 10.3 Å². The van der Waals surface area contributed by atoms with E-state index in [0.717, 1.165) is 5.84 Å². The molecule has 1 saturated carbocycles. The maximum absolute atomic E-state index is 10.5. The van der Waals surface area contributed by atoms with Gasteiger partial charge in [0.25, 0.3) is 0 Å². The summed E-state index contributed by atoms with van der Waals surface area (Å²) in [6.07, 6.45) is 9.58. The highest BCUT2D eigenvalue weighted by Gasteiger charge is 2.20. The molecule has 82 valence electrons. The van der Waals surface area contributed by atoms with Crippen molar-refractivity contribution in [1.29, 1.82) is 0 Å². The molecular formula is C11H16N2O2. The molecule has 4 heteroatoms. The molecule has 0 bridgehead atoms. The number of aliphatic imine (C=N–C) groups is 1. The van der Waals surface area contributed by atoms with Crippen LogP contribution in [-0.2, 0) is 4.79 Å². The number of nitrogens with zero attached hydrogens (tertiary/aromatic N) is 1. The molecule has 15 heavy (non-hydrogen) atoms. The topological polar surface area (TPSA) is 73.0 Å². The molecule has 2 aliphatic rings. The second-order valence-corrected chi connectivity index (χ2v) is 3.81. The number of allylic oxidation sites excluding steroid dienone is 1. The molecule has 0 unspecified atom stereocenters. The zero-order valence-corrected chi connectivity index (χ0v) is 8.62. The SMILES string of the molecule is O.O=C=C1C=CN=C(C2CCCCC2)N1. The monoisotopic (exact) mass is 208 g/mol. The first-order chi connectivity index (χ1) is 6.90. The Hall–Kier alpha value is -1.38. The lowest BCUT2D eigenvalue weighted by atomic mass is 9.88. The maximum Gasteiger partial charge on any atom is 0.150 e. The predicted molar refractivity (Wildman–Crippen MR) is 59.1 cm³/mol. The third-order valence-corrected chi connectivity index (χ3v) is 2.82. The summed E-state index contributed by atoms with van der Waals surface area (Å²) < 4.78 is 0. The third-order valence-electron chi connectivity index (χ3n) is 2.82. The molecule has 1 fully saturated rings. The Bertz CT molecular complexity index is 321. The van der Waals surface area contributed by atoms with Crippen LogP contribution in [0.4, 0.5) is 0 Å². The summed E-state index contributed by atoms with van der Waals surface area (Å²) in [7, 11) is 0. The minimum atomic E-state index is 0. The largest absolute Gasteiger partial charge is 0.412 e. The molecule has 0 spiro atoms. The summed E-state index contributed by atoms with van der Waals surface area (Å²) >= 11 is 0. The first kappa shape index (κ1) is 11.7. The van der Waals surface area contributed by atoms with Gasteiger partial charge in [-0.3, -0.25) is 0 Å². The van der Waals surface area contributed by atoms with Crippen molar-refractivity contribution >= 4 is 11.8 Å². The van der Waals surface area contributed by atoms with Gasteiger partial charge >= 0.3 is 0 Å². The van der Waals surface area contributed by atoms with Crippen LogP contribution in [0, 0.1) is 5.92 Å². The average molecular weight is 208 g/mol. The van der Waals surface area contributed by atoms with Crippen molar-refractivity contribution in [2.75, 3.05) is 0 Å². The summed E-state index contributed by atoms with van der Waals surface area (Å²) in [5, 5.41) is 3.03. The van der Waals surface area contributed by atoms with Gasteiger partial charge in [-0.25, -0.2) is 9.79 Å². The Labute approximate surface area is 89.1 Å². The molecule has 0 aromatic carbocycles. The smallest absolute Gasteiger partial charge is 0.150 e. The minimum absolute atomic E-state index is 0. The molecule has 0 aromatic heterocycles. The van der Waals surface area contributed by atoms with Gasteiger partial charge in [0.2, 0.25) is 0 Å². The molecule has 0 radical (unpaired) electrons. The number of carbonyl (C=O) groups excluding carboxylic acids is 1. The van der Waals surface area contributed by atoms with E-state index in [-0.39, 0.29) is 5.48 Å². The van der Waals surface area contributed by atoms with E-state index in [1.54, 1.807) is 12.3 Å². The lowest BCUT2D eigenvalue weighted by Gasteiger charge is -2.24. The average Bonchev–Trinajstić information content (AvgIpc) is 2.30. The van der Waals surface area contributed by atoms with Gasteiger partial charge in [-0.15, -0.1) is 0 Å². The lowest BCUT2D eigenvalue weighted by molar-refractivity contribution is 0.433. The van der Waals surface area contributed by atoms with Crippen LogP contribution in [0.5, 0.6) is 0 Å². The third kappa shape index (κ3) is 2.78. The molecule has 3 N–H and O–H groups in total. The van der Waals surface area contributed by atoms with Gasteiger partial charge in [0.1, 0.15) is 11.5 Å². The highest BCUT2D eigenvalue weighted by Crippen LogP contribution is 2.25. The van der Waals surface area contributed by atoms with Crippen LogP contribution in [0.15, 0.2) is 23.0 Å². The molecule has 2 rings (SSSR count). The van der Waals surface area contributed by atoms with Crippen molar-refractivity contribution in [3.63, 3.8) is 0 Å². The molecule has 1 heterocycles. The standard InChI is InChI=1S/C11H14N2O.H2O/c14-8-10-6-7-12-11(13-10)9-4-2-1-3-5-9;/h6-7,9H,1-5H2,(H,12,13);1H2. The molecule has 1 aliphatic heterocycles. The highest BCUT2D eigenvalue weighted by atomic mass is 16.1. The summed E-state index contributed by atoms with van der Waals surface area (Å²) in [5.41, 5.74) is 0.501. The van der Waals surface area contributed by atoms with E-state index in [4.69, 9.17) is 0 Å². The predicted octanol–water partition coefficient (Wildman–Crippen LogP) is 0.973. The van der Waals surface area contributed by atoms with Crippen LogP contribution < -0.4 is 5.32 Å². The zero-order chi connectivity index (χ0) is 9.80. The van der Waals surface area contributed by atoms with E-state index in [1.165, 1.54) is 32.1 Å². The van der Waals surface area contributed by atoms with Crippen molar-refractivity contribution in [2.24, 2.45) is 10.9 Å². The number of hydrogen-bond acceptors (Lipinski definition) is 3. The van der Waals surface area contributed by atoms with Crippen LogP contribution in [-0.4, -0.2) is 17.3 Å². The highest BCUT2D eigenvalue weighted by molar-refractivity contribution is 5.89. The van der Waals surface area contributed by atoms with E-state index in [9.17, 15) is 4.79 Å². The Morgan fingerprint density at radius 1 is 1.33 bits per heavy atom. The number of nitrogens with one attached hydrogen (secondary N) is 1. The van der Waals surface area contributed by atoms with Crippen LogP contribution in [0.1, 0.15) is 32.1 Å². The maximum atomic E-state index is 10.5. The van der Waals surface area contributed by atoms with Crippen molar-refractivity contribution in [2.45, 2.75) is 32.1 Å². The Morgan fingerprint density at radius 2 is 2.07 bits per heavy atom. The van der Waals surface area contributed by atoms with Crippen molar-refractivity contribution in [3.05, 3.63) is 18.0 Å². The van der Waals surface area contributed by atoms with E-state index in [0.29, 0.717) is 11.6 Å². The fourth-order valence-corrected chi connectivity index (χ4v) is 2.05. The van der Waals surface area contributed by atoms with Crippen LogP contribution in [0.3, 0.4) is 0 Å². The normalized spacial score (nSPS) is 21.1. The van der Waals surface area contributed by atoms with Gasteiger partial charge in [-0.1, -0.05) is 19.3 Å². The van der Waals surface area contributed by atoms with Crippen LogP contribution >= 0.6 is 0 Å². The molecule has 0 atom stereocenters. The number of rotatable bonds is 1. The minimum Gasteiger partial charge on any atom is -0.412 e. The fourth-order valence-electron chi connectivity index (χ4n) is 2.05. The van der Waals surface area contributed by atoms with Gasteiger partial charge in [0, 0.05) is 12.1 Å². The van der Waals surface area contributed by atoms with Gasteiger partial charge in [0.15, 0.2) is 5.94 Å². The summed E-state index contributed by atoms with van der Waals surface area (Å²) in [6.45, 7) is 0. The quantitative estimate of drug-likeness (QED) is 0.652. The number of amidine groups is 1. The van der Waals surface area contributed by atoms with Gasteiger partial charge in [-0.05, 0) is 18.9 Å². The summed E-state index contributed by atoms with van der Waals surface area (Å²) in [4.78, 5) is 14.7. The Balaban J connectivity index is 0.00000112. The zero-order valence-electron chi connectivity index (χ0n) is 8.62. The van der Waals surface area contributed by atoms with Gasteiger partial charge < -0.3 is 10.8 Å². The molecular weight excluding hydrogens is 192 g/mol. The van der Waals surface area contributed by atoms with Crippen LogP contribution in [0.25, 0.3) is 0 Å². The fraction of sp³-hybridized carbons (Fsp3) is 0.545. The molecule has 0 aromatic rings. The second-order valence-electron chi connectivity index (χ2n) is 3.81. The first-order valence-electron chi connectivity index (χ1n) is 5.16. The second kappa shape index (κ2) is 5.49. The Morgan fingerprint density at radius 3 is 2.73 bits per heavy atom. The van der Waals surface area contributed by atoms with Crippen molar-refractivity contribution in [3.8, 4) is 0 Å². The van der Waals surface area contributed by atoms with E-state index in [2.05, 4.69) is 10.3 Å². The molecule has 0 saturated heterocycles. The molecule has 1 aliphatic carbocycles. The number of hydrogen-bond donors (Lipinski definition) is 1. The molecule has 4 nitrogen and oxygen atoms in total. The van der Waals surface area contributed by atoms with Crippen molar-refractivity contribution in [1.82, 2.24) is 5.32 Å². The van der Waals surface area contributed by atoms with Gasteiger partial charge in [-0.2, -0.15) is 0 Å². The van der Waals surface area contributed by atoms with Crippen LogP contribution in [0.2, 0.25) is 0 Å². The lowest BCUT2D eigenvalue weighted by Crippen LogP contribution is -2.32. The first-order valence-corrected chi connectivity index (χ1v) is 5.16. The summed E-state index contributed by atoms with van der Waals surface area (Å²) in [6, 6.07) is 0. The van der Waals surface area contributed by atoms with E-state index in [1.807, 2.05) is 5.94 Å². The Kier molecular flexibility index (Phi) is 4.28. The molecule has 0 amide bonds.